The van der Waals surface area contributed by atoms with Crippen LogP contribution in [0.25, 0.3) is 0 Å². The summed E-state index contributed by atoms with van der Waals surface area (Å²) in [6.45, 7) is 4.12. The lowest BCUT2D eigenvalue weighted by atomic mass is 9.83. The SMILES string of the molecule is CC(C)[C@](O)(Cn1cncn1)c1ccc(Oc2ccc(Cl)cc2)cc1Cl. The lowest BCUT2D eigenvalue weighted by Crippen LogP contribution is -2.37. The summed E-state index contributed by atoms with van der Waals surface area (Å²) in [6.07, 6.45) is 3.00. The fourth-order valence-corrected chi connectivity index (χ4v) is 3.15. The van der Waals surface area contributed by atoms with E-state index in [9.17, 15) is 5.11 Å². The number of rotatable bonds is 6. The highest BCUT2D eigenvalue weighted by molar-refractivity contribution is 6.31. The number of hydrogen-bond donors (Lipinski definition) is 1. The Morgan fingerprint density at radius 1 is 1.12 bits per heavy atom. The highest BCUT2D eigenvalue weighted by atomic mass is 35.5. The van der Waals surface area contributed by atoms with E-state index < -0.39 is 5.60 Å². The molecule has 7 heteroatoms. The van der Waals surface area contributed by atoms with Crippen LogP contribution in [0.15, 0.2) is 55.1 Å². The molecular weight excluding hydrogens is 373 g/mol. The minimum absolute atomic E-state index is 0.0905. The van der Waals surface area contributed by atoms with Gasteiger partial charge in [0.25, 0.3) is 0 Å². The maximum atomic E-state index is 11.3. The Bertz CT molecular complexity index is 867. The van der Waals surface area contributed by atoms with Gasteiger partial charge in [0.1, 0.15) is 29.8 Å². The van der Waals surface area contributed by atoms with Crippen molar-refractivity contribution in [1.29, 1.82) is 0 Å². The monoisotopic (exact) mass is 391 g/mol. The second-order valence-corrected chi connectivity index (χ2v) is 7.21. The van der Waals surface area contributed by atoms with E-state index in [0.29, 0.717) is 27.1 Å². The van der Waals surface area contributed by atoms with Crippen molar-refractivity contribution in [3.8, 4) is 11.5 Å². The van der Waals surface area contributed by atoms with Crippen molar-refractivity contribution in [3.63, 3.8) is 0 Å². The van der Waals surface area contributed by atoms with Gasteiger partial charge in [-0.15, -0.1) is 0 Å². The fourth-order valence-electron chi connectivity index (χ4n) is 2.69. The molecule has 0 bridgehead atoms. The summed E-state index contributed by atoms with van der Waals surface area (Å²) in [5.74, 6) is 1.14. The summed E-state index contributed by atoms with van der Waals surface area (Å²) >= 11 is 12.4. The number of halogens is 2. The van der Waals surface area contributed by atoms with Crippen LogP contribution < -0.4 is 4.74 Å². The van der Waals surface area contributed by atoms with Crippen molar-refractivity contribution >= 4 is 23.2 Å². The van der Waals surface area contributed by atoms with Gasteiger partial charge in [-0.3, -0.25) is 0 Å². The summed E-state index contributed by atoms with van der Waals surface area (Å²) in [4.78, 5) is 3.93. The number of nitrogens with zero attached hydrogens (tertiary/aromatic N) is 3. The summed E-state index contributed by atoms with van der Waals surface area (Å²) in [5, 5.41) is 16.4. The normalized spacial score (nSPS) is 13.6. The largest absolute Gasteiger partial charge is 0.457 e. The Labute approximate surface area is 162 Å². The van der Waals surface area contributed by atoms with E-state index in [1.807, 2.05) is 13.8 Å². The molecule has 0 unspecified atom stereocenters. The van der Waals surface area contributed by atoms with Gasteiger partial charge < -0.3 is 9.84 Å². The first-order chi connectivity index (χ1) is 12.4. The predicted octanol–water partition coefficient (Wildman–Crippen LogP) is 4.92. The molecule has 3 rings (SSSR count). The fraction of sp³-hybridized carbons (Fsp3) is 0.263. The molecule has 1 atom stereocenters. The Kier molecular flexibility index (Phi) is 5.51. The number of ether oxygens (including phenoxy) is 1. The molecule has 1 heterocycles. The quantitative estimate of drug-likeness (QED) is 0.647. The molecule has 1 aromatic heterocycles. The number of hydrogen-bond acceptors (Lipinski definition) is 4. The van der Waals surface area contributed by atoms with Gasteiger partial charge in [-0.1, -0.05) is 43.1 Å². The van der Waals surface area contributed by atoms with E-state index in [1.54, 1.807) is 53.5 Å². The van der Waals surface area contributed by atoms with Gasteiger partial charge in [-0.2, -0.15) is 5.10 Å². The lowest BCUT2D eigenvalue weighted by Gasteiger charge is -2.33. The van der Waals surface area contributed by atoms with Crippen LogP contribution in [0.5, 0.6) is 11.5 Å². The summed E-state index contributed by atoms with van der Waals surface area (Å²) in [6, 6.07) is 12.3. The molecular formula is C19H19Cl2N3O2. The smallest absolute Gasteiger partial charge is 0.137 e. The Morgan fingerprint density at radius 3 is 2.38 bits per heavy atom. The van der Waals surface area contributed by atoms with Gasteiger partial charge in [0.05, 0.1) is 11.6 Å². The molecule has 2 aromatic carbocycles. The van der Waals surface area contributed by atoms with Crippen LogP contribution >= 0.6 is 23.2 Å². The predicted molar refractivity (Wildman–Crippen MR) is 102 cm³/mol. The maximum Gasteiger partial charge on any atom is 0.137 e. The minimum atomic E-state index is -1.19. The standard InChI is InChI=1S/C19H19Cl2N3O2/c1-13(2)19(25,10-24-12-22-11-23-24)17-8-7-16(9-18(17)21)26-15-5-3-14(20)4-6-15/h3-9,11-13,25H,10H2,1-2H3/t19-/m1/s1. The van der Waals surface area contributed by atoms with Crippen LogP contribution in [-0.4, -0.2) is 19.9 Å². The molecule has 0 aliphatic rings. The minimum Gasteiger partial charge on any atom is -0.457 e. The molecule has 26 heavy (non-hydrogen) atoms. The van der Waals surface area contributed by atoms with Gasteiger partial charge in [0.15, 0.2) is 0 Å². The third-order valence-corrected chi connectivity index (χ3v) is 4.85. The molecule has 0 aliphatic heterocycles. The van der Waals surface area contributed by atoms with Crippen LogP contribution in [0, 0.1) is 5.92 Å². The van der Waals surface area contributed by atoms with E-state index in [0.717, 1.165) is 0 Å². The van der Waals surface area contributed by atoms with Gasteiger partial charge in [0.2, 0.25) is 0 Å². The molecule has 136 valence electrons. The maximum absolute atomic E-state index is 11.3. The lowest BCUT2D eigenvalue weighted by molar-refractivity contribution is -0.0294. The zero-order valence-electron chi connectivity index (χ0n) is 14.4. The Hall–Kier alpha value is -2.08. The van der Waals surface area contributed by atoms with Gasteiger partial charge in [-0.25, -0.2) is 9.67 Å². The third-order valence-electron chi connectivity index (χ3n) is 4.28. The van der Waals surface area contributed by atoms with Crippen LogP contribution in [0.1, 0.15) is 19.4 Å². The molecule has 0 aliphatic carbocycles. The molecule has 0 radical (unpaired) electrons. The van der Waals surface area contributed by atoms with Crippen LogP contribution in [0.3, 0.4) is 0 Å². The van der Waals surface area contributed by atoms with Gasteiger partial charge in [0, 0.05) is 10.6 Å². The van der Waals surface area contributed by atoms with E-state index in [1.165, 1.54) is 6.33 Å². The molecule has 5 nitrogen and oxygen atoms in total. The van der Waals surface area contributed by atoms with E-state index in [4.69, 9.17) is 27.9 Å². The highest BCUT2D eigenvalue weighted by Gasteiger charge is 2.36. The average Bonchev–Trinajstić information content (AvgIpc) is 3.09. The van der Waals surface area contributed by atoms with Crippen molar-refractivity contribution in [2.75, 3.05) is 0 Å². The van der Waals surface area contributed by atoms with Crippen LogP contribution in [0.2, 0.25) is 10.0 Å². The highest BCUT2D eigenvalue weighted by Crippen LogP contribution is 2.38. The number of aromatic nitrogens is 3. The molecule has 0 saturated carbocycles. The molecule has 0 saturated heterocycles. The Balaban J connectivity index is 1.88. The molecule has 3 aromatic rings. The average molecular weight is 392 g/mol. The van der Waals surface area contributed by atoms with Crippen LogP contribution in [-0.2, 0) is 12.1 Å². The summed E-state index contributed by atoms with van der Waals surface area (Å²) < 4.78 is 7.39. The molecule has 1 N–H and O–H groups in total. The first kappa shape index (κ1) is 18.7. The molecule has 0 spiro atoms. The second-order valence-electron chi connectivity index (χ2n) is 6.37. The zero-order valence-corrected chi connectivity index (χ0v) is 15.9. The van der Waals surface area contributed by atoms with Crippen molar-refractivity contribution in [2.45, 2.75) is 26.0 Å². The molecule has 0 amide bonds. The van der Waals surface area contributed by atoms with Crippen molar-refractivity contribution in [2.24, 2.45) is 5.92 Å². The van der Waals surface area contributed by atoms with Crippen molar-refractivity contribution in [1.82, 2.24) is 14.8 Å². The molecule has 0 fully saturated rings. The van der Waals surface area contributed by atoms with E-state index in [2.05, 4.69) is 10.1 Å². The zero-order chi connectivity index (χ0) is 18.7. The second kappa shape index (κ2) is 7.66. The summed E-state index contributed by atoms with van der Waals surface area (Å²) in [5.41, 5.74) is -0.572. The first-order valence-corrected chi connectivity index (χ1v) is 8.92. The summed E-state index contributed by atoms with van der Waals surface area (Å²) in [7, 11) is 0. The first-order valence-electron chi connectivity index (χ1n) is 8.17. The van der Waals surface area contributed by atoms with Gasteiger partial charge in [-0.05, 0) is 42.3 Å². The van der Waals surface area contributed by atoms with E-state index >= 15 is 0 Å². The van der Waals surface area contributed by atoms with Crippen LogP contribution in [0.4, 0.5) is 0 Å². The third kappa shape index (κ3) is 4.01. The van der Waals surface area contributed by atoms with E-state index in [-0.39, 0.29) is 12.5 Å². The topological polar surface area (TPSA) is 60.2 Å². The number of aliphatic hydroxyl groups is 1. The van der Waals surface area contributed by atoms with Gasteiger partial charge >= 0.3 is 0 Å². The van der Waals surface area contributed by atoms with Crippen molar-refractivity contribution < 1.29 is 9.84 Å². The number of benzene rings is 2. The van der Waals surface area contributed by atoms with Crippen molar-refractivity contribution in [3.05, 3.63) is 70.7 Å². The Morgan fingerprint density at radius 2 is 1.81 bits per heavy atom.